The molecular formula is C58H94O5. The van der Waals surface area contributed by atoms with E-state index in [1.165, 1.54) is 173 Å². The maximum absolute atomic E-state index is 12.9. The Bertz CT molecular complexity index is 1430. The Hall–Kier alpha value is -2.48. The van der Waals surface area contributed by atoms with Crippen LogP contribution in [0.5, 0.6) is 5.75 Å². The van der Waals surface area contributed by atoms with E-state index in [0.29, 0.717) is 54.6 Å². The van der Waals surface area contributed by atoms with Crippen LogP contribution in [0, 0.1) is 71.5 Å². The van der Waals surface area contributed by atoms with Crippen molar-refractivity contribution in [3.63, 3.8) is 0 Å². The standard InChI is InChI=1S/C58H94O5/c1-5-9-12-15-19-23-28-47-33-32-46(27-22-14-11-7-3)52(29-24-18-13-10-6-2)53(47)30-25-20-16-17-21-26-31-57(59)62-44-50-41-49-42-55(50)56-40-45(39-54(49)56)43-63-58(60)48-34-36-51(37-35-48)61-38-8-4/h4,34-37,45-47,49-50,52-56H,5-7,9-33,38-44H2,1-3H3/t45?,46?,47?,49?,50?,52?,53?,54-,55?,56-/m0/s1. The highest BCUT2D eigenvalue weighted by atomic mass is 16.5. The van der Waals surface area contributed by atoms with Crippen LogP contribution in [-0.2, 0) is 14.3 Å². The summed E-state index contributed by atoms with van der Waals surface area (Å²) in [6.07, 6.45) is 48.3. The maximum atomic E-state index is 12.9. The zero-order valence-corrected chi connectivity index (χ0v) is 41.0. The maximum Gasteiger partial charge on any atom is 0.338 e. The van der Waals surface area contributed by atoms with Crippen molar-refractivity contribution >= 4 is 11.9 Å². The van der Waals surface area contributed by atoms with Gasteiger partial charge in [0.15, 0.2) is 0 Å². The topological polar surface area (TPSA) is 61.8 Å². The number of rotatable bonds is 34. The van der Waals surface area contributed by atoms with E-state index in [9.17, 15) is 9.59 Å². The molecule has 2 bridgehead atoms. The summed E-state index contributed by atoms with van der Waals surface area (Å²) in [4.78, 5) is 25.6. The molecule has 4 aliphatic carbocycles. The summed E-state index contributed by atoms with van der Waals surface area (Å²) in [5, 5.41) is 0. The highest BCUT2D eigenvalue weighted by molar-refractivity contribution is 5.89. The number of hydrogen-bond donors (Lipinski definition) is 0. The highest BCUT2D eigenvalue weighted by Crippen LogP contribution is 2.62. The lowest BCUT2D eigenvalue weighted by Gasteiger charge is -2.44. The van der Waals surface area contributed by atoms with E-state index in [1.807, 2.05) is 0 Å². The van der Waals surface area contributed by atoms with E-state index in [-0.39, 0.29) is 18.5 Å². The molecule has 0 heterocycles. The Morgan fingerprint density at radius 3 is 1.67 bits per heavy atom. The molecule has 0 amide bonds. The molecule has 5 rings (SSSR count). The second-order valence-corrected chi connectivity index (χ2v) is 21.3. The summed E-state index contributed by atoms with van der Waals surface area (Å²) >= 11 is 0. The minimum absolute atomic E-state index is 0.0138. The lowest BCUT2D eigenvalue weighted by Crippen LogP contribution is -2.35. The second kappa shape index (κ2) is 29.9. The molecule has 4 saturated carbocycles. The molecule has 1 aromatic rings. The number of terminal acetylenes is 1. The average molecular weight is 871 g/mol. The molecule has 4 fully saturated rings. The Balaban J connectivity index is 0.963. The van der Waals surface area contributed by atoms with Crippen LogP contribution in [0.4, 0.5) is 0 Å². The minimum atomic E-state index is -0.275. The van der Waals surface area contributed by atoms with Gasteiger partial charge in [0.25, 0.3) is 0 Å². The van der Waals surface area contributed by atoms with Gasteiger partial charge in [0.1, 0.15) is 12.4 Å². The van der Waals surface area contributed by atoms with Gasteiger partial charge >= 0.3 is 11.9 Å². The van der Waals surface area contributed by atoms with Gasteiger partial charge in [0.2, 0.25) is 0 Å². The lowest BCUT2D eigenvalue weighted by atomic mass is 9.61. The third kappa shape index (κ3) is 17.4. The predicted octanol–water partition coefficient (Wildman–Crippen LogP) is 16.2. The second-order valence-electron chi connectivity index (χ2n) is 21.3. The van der Waals surface area contributed by atoms with Gasteiger partial charge in [-0.1, -0.05) is 168 Å². The van der Waals surface area contributed by atoms with Crippen LogP contribution < -0.4 is 4.74 Å². The molecule has 0 aromatic heterocycles. The normalized spacial score (nSPS) is 27.3. The molecule has 5 nitrogen and oxygen atoms in total. The molecule has 4 aliphatic rings. The third-order valence-electron chi connectivity index (χ3n) is 16.9. The SMILES string of the molecule is C#CCOc1ccc(C(=O)OCC2C[C@@H]3C4CC(CC4COC(=O)CCCCCCCCC4C(CCCCCCCC)CCC(CCCCCC)C4CCCCCCC)[C@@H]3C2)cc1. The summed E-state index contributed by atoms with van der Waals surface area (Å²) < 4.78 is 17.2. The lowest BCUT2D eigenvalue weighted by molar-refractivity contribution is -0.146. The van der Waals surface area contributed by atoms with Crippen LogP contribution in [0.3, 0.4) is 0 Å². The van der Waals surface area contributed by atoms with Gasteiger partial charge in [-0.25, -0.2) is 4.79 Å². The number of hydrogen-bond acceptors (Lipinski definition) is 5. The van der Waals surface area contributed by atoms with Crippen LogP contribution in [0.15, 0.2) is 24.3 Å². The van der Waals surface area contributed by atoms with E-state index in [4.69, 9.17) is 20.6 Å². The molecule has 0 aliphatic heterocycles. The molecular weight excluding hydrogens is 777 g/mol. The zero-order valence-electron chi connectivity index (χ0n) is 41.0. The predicted molar refractivity (Wildman–Crippen MR) is 262 cm³/mol. The van der Waals surface area contributed by atoms with Gasteiger partial charge in [-0.05, 0) is 141 Å². The van der Waals surface area contributed by atoms with Crippen molar-refractivity contribution in [2.75, 3.05) is 19.8 Å². The Morgan fingerprint density at radius 1 is 0.556 bits per heavy atom. The summed E-state index contributed by atoms with van der Waals surface area (Å²) in [6.45, 7) is 8.33. The third-order valence-corrected chi connectivity index (χ3v) is 16.9. The van der Waals surface area contributed by atoms with E-state index in [0.717, 1.165) is 61.2 Å². The van der Waals surface area contributed by atoms with Crippen molar-refractivity contribution in [1.29, 1.82) is 0 Å². The van der Waals surface area contributed by atoms with Crippen molar-refractivity contribution in [2.45, 2.75) is 226 Å². The number of fused-ring (bicyclic) bond motifs is 5. The van der Waals surface area contributed by atoms with Crippen LogP contribution >= 0.6 is 0 Å². The first-order valence-corrected chi connectivity index (χ1v) is 27.4. The molecule has 0 radical (unpaired) electrons. The molecule has 0 spiro atoms. The summed E-state index contributed by atoms with van der Waals surface area (Å²) in [5.41, 5.74) is 0.540. The van der Waals surface area contributed by atoms with Crippen LogP contribution in [-0.4, -0.2) is 31.8 Å². The zero-order chi connectivity index (χ0) is 44.5. The van der Waals surface area contributed by atoms with E-state index < -0.39 is 0 Å². The van der Waals surface area contributed by atoms with Gasteiger partial charge in [0, 0.05) is 6.42 Å². The van der Waals surface area contributed by atoms with Gasteiger partial charge in [-0.3, -0.25) is 4.79 Å². The number of unbranched alkanes of at least 4 members (excludes halogenated alkanes) is 17. The molecule has 0 N–H and O–H groups in total. The molecule has 5 heteroatoms. The summed E-state index contributed by atoms with van der Waals surface area (Å²) in [5.74, 6) is 10.5. The molecule has 1 aromatic carbocycles. The van der Waals surface area contributed by atoms with E-state index >= 15 is 0 Å². The largest absolute Gasteiger partial charge is 0.481 e. The van der Waals surface area contributed by atoms with Crippen LogP contribution in [0.1, 0.15) is 237 Å². The van der Waals surface area contributed by atoms with Crippen molar-refractivity contribution in [3.8, 4) is 18.1 Å². The molecule has 10 atom stereocenters. The van der Waals surface area contributed by atoms with Crippen molar-refractivity contribution in [3.05, 3.63) is 29.8 Å². The van der Waals surface area contributed by atoms with Crippen molar-refractivity contribution in [2.24, 2.45) is 59.2 Å². The smallest absolute Gasteiger partial charge is 0.338 e. The average Bonchev–Trinajstić information content (AvgIpc) is 4.01. The van der Waals surface area contributed by atoms with Crippen LogP contribution in [0.2, 0.25) is 0 Å². The van der Waals surface area contributed by atoms with Crippen LogP contribution in [0.25, 0.3) is 0 Å². The van der Waals surface area contributed by atoms with Crippen molar-refractivity contribution in [1.82, 2.24) is 0 Å². The van der Waals surface area contributed by atoms with Crippen molar-refractivity contribution < 1.29 is 23.8 Å². The Morgan fingerprint density at radius 2 is 1.08 bits per heavy atom. The molecule has 8 unspecified atom stereocenters. The van der Waals surface area contributed by atoms with Gasteiger partial charge < -0.3 is 14.2 Å². The van der Waals surface area contributed by atoms with Gasteiger partial charge in [-0.2, -0.15) is 0 Å². The Labute approximate surface area is 387 Å². The van der Waals surface area contributed by atoms with E-state index in [1.54, 1.807) is 24.3 Å². The number of carbonyl (C=O) groups is 2. The fraction of sp³-hybridized carbons (Fsp3) is 0.828. The Kier molecular flexibility index (Phi) is 24.5. The first-order valence-electron chi connectivity index (χ1n) is 27.4. The van der Waals surface area contributed by atoms with Gasteiger partial charge in [0.05, 0.1) is 18.8 Å². The number of ether oxygens (including phenoxy) is 3. The number of carbonyl (C=O) groups excluding carboxylic acids is 2. The minimum Gasteiger partial charge on any atom is -0.481 e. The molecule has 0 saturated heterocycles. The summed E-state index contributed by atoms with van der Waals surface area (Å²) in [6, 6.07) is 7.00. The van der Waals surface area contributed by atoms with Gasteiger partial charge in [-0.15, -0.1) is 6.42 Å². The first kappa shape index (κ1) is 51.5. The molecule has 63 heavy (non-hydrogen) atoms. The quantitative estimate of drug-likeness (QED) is 0.0392. The number of benzene rings is 1. The highest BCUT2D eigenvalue weighted by Gasteiger charge is 2.56. The molecule has 356 valence electrons. The van der Waals surface area contributed by atoms with E-state index in [2.05, 4.69) is 26.7 Å². The monoisotopic (exact) mass is 871 g/mol. The number of esters is 2. The fourth-order valence-corrected chi connectivity index (χ4v) is 13.5. The first-order chi connectivity index (χ1) is 30.9. The summed E-state index contributed by atoms with van der Waals surface area (Å²) in [7, 11) is 0. The fourth-order valence-electron chi connectivity index (χ4n) is 13.5.